The minimum absolute atomic E-state index is 0. The summed E-state index contributed by atoms with van der Waals surface area (Å²) in [4.78, 5) is 25.4. The second-order valence-electron chi connectivity index (χ2n) is 7.79. The highest BCUT2D eigenvalue weighted by Crippen LogP contribution is 2.23. The lowest BCUT2D eigenvalue weighted by atomic mass is 9.97. The number of nitrogens with one attached hydrogen (secondary N) is 1. The van der Waals surface area contributed by atoms with E-state index >= 15 is 0 Å². The molecule has 6 nitrogen and oxygen atoms in total. The Balaban J connectivity index is 0.00000392. The highest BCUT2D eigenvalue weighted by molar-refractivity contribution is 14.0. The largest absolute Gasteiger partial charge is 0.357 e. The number of likely N-dealkylation sites (tertiary alicyclic amines) is 1. The first-order valence-corrected chi connectivity index (χ1v) is 10.2. The number of amides is 1. The lowest BCUT2D eigenvalue weighted by molar-refractivity contribution is -0.128. The number of nitrogens with zero attached hydrogens (tertiary/aromatic N) is 4. The van der Waals surface area contributed by atoms with Gasteiger partial charge in [0.05, 0.1) is 0 Å². The molecule has 7 heteroatoms. The fourth-order valence-electron chi connectivity index (χ4n) is 3.53. The van der Waals surface area contributed by atoms with Gasteiger partial charge < -0.3 is 15.1 Å². The molecule has 1 amide bonds. The molecule has 1 aromatic heterocycles. The van der Waals surface area contributed by atoms with E-state index in [-0.39, 0.29) is 36.4 Å². The molecule has 1 fully saturated rings. The van der Waals surface area contributed by atoms with E-state index in [2.05, 4.69) is 41.0 Å². The summed E-state index contributed by atoms with van der Waals surface area (Å²) in [7, 11) is 1.84. The van der Waals surface area contributed by atoms with E-state index in [9.17, 15) is 4.79 Å². The Morgan fingerprint density at radius 3 is 2.86 bits per heavy atom. The first-order chi connectivity index (χ1) is 13.0. The molecule has 0 aliphatic carbocycles. The monoisotopic (exact) mass is 501 g/mol. The number of hydrogen-bond acceptors (Lipinski definition) is 3. The van der Waals surface area contributed by atoms with Gasteiger partial charge >= 0.3 is 0 Å². The number of aromatic nitrogens is 1. The number of carbonyl (C=O) groups excluding carboxylic acids is 1. The van der Waals surface area contributed by atoms with Gasteiger partial charge in [0.15, 0.2) is 5.96 Å². The number of aliphatic imine (C=N–C) groups is 1. The first kappa shape index (κ1) is 24.7. The highest BCUT2D eigenvalue weighted by Gasteiger charge is 2.25. The minimum atomic E-state index is 0. The van der Waals surface area contributed by atoms with Gasteiger partial charge in [-0.1, -0.05) is 19.9 Å². The second-order valence-corrected chi connectivity index (χ2v) is 7.79. The topological polar surface area (TPSA) is 60.8 Å². The number of guanidine groups is 1. The number of carbonyl (C=O) groups is 1. The standard InChI is InChI=1S/C21H35N5O.HI/c1-5-22-21(26-13-9-18(16-26)14-17(2)3)24-15-20(27)25(4)12-10-19-8-6-7-11-23-19;/h6-8,11,17-18H,5,9-10,12-16H2,1-4H3,(H,22,24);1H. The summed E-state index contributed by atoms with van der Waals surface area (Å²) < 4.78 is 0. The van der Waals surface area contributed by atoms with Crippen LogP contribution in [0.5, 0.6) is 0 Å². The van der Waals surface area contributed by atoms with Crippen LogP contribution >= 0.6 is 24.0 Å². The fourth-order valence-corrected chi connectivity index (χ4v) is 3.53. The molecule has 2 rings (SSSR count). The van der Waals surface area contributed by atoms with Crippen molar-refractivity contribution in [3.05, 3.63) is 30.1 Å². The molecule has 0 aromatic carbocycles. The van der Waals surface area contributed by atoms with E-state index in [4.69, 9.17) is 0 Å². The van der Waals surface area contributed by atoms with Crippen LogP contribution in [-0.4, -0.2) is 66.4 Å². The summed E-state index contributed by atoms with van der Waals surface area (Å²) in [6.45, 7) is 10.3. The summed E-state index contributed by atoms with van der Waals surface area (Å²) in [5.41, 5.74) is 1.00. The number of halogens is 1. The molecule has 1 saturated heterocycles. The molecule has 1 aliphatic heterocycles. The van der Waals surface area contributed by atoms with Gasteiger partial charge in [-0.3, -0.25) is 9.78 Å². The number of hydrogen-bond donors (Lipinski definition) is 1. The molecule has 0 saturated carbocycles. The Morgan fingerprint density at radius 2 is 2.21 bits per heavy atom. The number of rotatable bonds is 8. The van der Waals surface area contributed by atoms with Crippen molar-refractivity contribution in [2.24, 2.45) is 16.8 Å². The van der Waals surface area contributed by atoms with Crippen LogP contribution in [0, 0.1) is 11.8 Å². The second kappa shape index (κ2) is 13.0. The van der Waals surface area contributed by atoms with Gasteiger partial charge in [-0.05, 0) is 43.7 Å². The van der Waals surface area contributed by atoms with Crippen LogP contribution in [0.1, 0.15) is 39.3 Å². The lowest BCUT2D eigenvalue weighted by Crippen LogP contribution is -2.41. The van der Waals surface area contributed by atoms with E-state index in [0.717, 1.165) is 49.5 Å². The van der Waals surface area contributed by atoms with Gasteiger partial charge in [0.2, 0.25) is 5.91 Å². The fraction of sp³-hybridized carbons (Fsp3) is 0.667. The molecule has 28 heavy (non-hydrogen) atoms. The van der Waals surface area contributed by atoms with Gasteiger partial charge in [-0.25, -0.2) is 4.99 Å². The van der Waals surface area contributed by atoms with E-state index in [0.29, 0.717) is 6.54 Å². The Morgan fingerprint density at radius 1 is 1.43 bits per heavy atom. The van der Waals surface area contributed by atoms with Crippen molar-refractivity contribution in [1.29, 1.82) is 0 Å². The first-order valence-electron chi connectivity index (χ1n) is 10.2. The quantitative estimate of drug-likeness (QED) is 0.338. The molecule has 1 aromatic rings. The molecule has 1 N–H and O–H groups in total. The van der Waals surface area contributed by atoms with Gasteiger partial charge in [-0.2, -0.15) is 0 Å². The summed E-state index contributed by atoms with van der Waals surface area (Å²) in [6.07, 6.45) is 5.01. The van der Waals surface area contributed by atoms with E-state index < -0.39 is 0 Å². The van der Waals surface area contributed by atoms with E-state index in [1.54, 1.807) is 11.1 Å². The SMILES string of the molecule is CCNC(=NCC(=O)N(C)CCc1ccccn1)N1CCC(CC(C)C)C1.I. The molecular formula is C21H36IN5O. The summed E-state index contributed by atoms with van der Waals surface area (Å²) in [6, 6.07) is 5.86. The highest BCUT2D eigenvalue weighted by atomic mass is 127. The number of pyridine rings is 1. The zero-order valence-electron chi connectivity index (χ0n) is 17.7. The average Bonchev–Trinajstić information content (AvgIpc) is 3.11. The van der Waals surface area contributed by atoms with Crippen molar-refractivity contribution in [1.82, 2.24) is 20.1 Å². The van der Waals surface area contributed by atoms with E-state index in [1.165, 1.54) is 12.8 Å². The summed E-state index contributed by atoms with van der Waals surface area (Å²) in [5.74, 6) is 2.36. The third-order valence-electron chi connectivity index (χ3n) is 4.94. The maximum atomic E-state index is 12.4. The van der Waals surface area contributed by atoms with Crippen molar-refractivity contribution in [2.75, 3.05) is 39.8 Å². The maximum Gasteiger partial charge on any atom is 0.244 e. The van der Waals surface area contributed by atoms with Crippen molar-refractivity contribution in [3.8, 4) is 0 Å². The molecule has 1 unspecified atom stereocenters. The molecule has 0 spiro atoms. The van der Waals surface area contributed by atoms with Crippen molar-refractivity contribution in [2.45, 2.75) is 40.0 Å². The van der Waals surface area contributed by atoms with E-state index in [1.807, 2.05) is 25.2 Å². The number of likely N-dealkylation sites (N-methyl/N-ethyl adjacent to an activating group) is 1. The Bertz CT molecular complexity index is 608. The summed E-state index contributed by atoms with van der Waals surface area (Å²) >= 11 is 0. The zero-order chi connectivity index (χ0) is 19.6. The van der Waals surface area contributed by atoms with Gasteiger partial charge in [0, 0.05) is 51.5 Å². The lowest BCUT2D eigenvalue weighted by Gasteiger charge is -2.22. The normalized spacial score (nSPS) is 16.8. The third-order valence-corrected chi connectivity index (χ3v) is 4.94. The predicted molar refractivity (Wildman–Crippen MR) is 126 cm³/mol. The van der Waals surface area contributed by atoms with Crippen molar-refractivity contribution < 1.29 is 4.79 Å². The van der Waals surface area contributed by atoms with Crippen LogP contribution in [0.15, 0.2) is 29.4 Å². The van der Waals surface area contributed by atoms with Crippen LogP contribution in [0.2, 0.25) is 0 Å². The average molecular weight is 501 g/mol. The smallest absolute Gasteiger partial charge is 0.244 e. The van der Waals surface area contributed by atoms with Crippen LogP contribution in [0.4, 0.5) is 0 Å². The molecule has 1 aliphatic rings. The molecule has 0 radical (unpaired) electrons. The Kier molecular flexibility index (Phi) is 11.4. The minimum Gasteiger partial charge on any atom is -0.357 e. The molecular weight excluding hydrogens is 465 g/mol. The molecule has 158 valence electrons. The third kappa shape index (κ3) is 8.32. The maximum absolute atomic E-state index is 12.4. The molecule has 0 bridgehead atoms. The Hall–Kier alpha value is -1.38. The van der Waals surface area contributed by atoms with Crippen LogP contribution < -0.4 is 5.32 Å². The Labute approximate surface area is 187 Å². The van der Waals surface area contributed by atoms with Crippen molar-refractivity contribution >= 4 is 35.8 Å². The predicted octanol–water partition coefficient (Wildman–Crippen LogP) is 3.03. The summed E-state index contributed by atoms with van der Waals surface area (Å²) in [5, 5.41) is 3.35. The van der Waals surface area contributed by atoms with Gasteiger partial charge in [-0.15, -0.1) is 24.0 Å². The van der Waals surface area contributed by atoms with Crippen LogP contribution in [-0.2, 0) is 11.2 Å². The van der Waals surface area contributed by atoms with Gasteiger partial charge in [0.25, 0.3) is 0 Å². The zero-order valence-corrected chi connectivity index (χ0v) is 20.1. The van der Waals surface area contributed by atoms with Crippen LogP contribution in [0.25, 0.3) is 0 Å². The van der Waals surface area contributed by atoms with Crippen molar-refractivity contribution in [3.63, 3.8) is 0 Å². The molecule has 2 heterocycles. The van der Waals surface area contributed by atoms with Gasteiger partial charge in [0.1, 0.15) is 6.54 Å². The van der Waals surface area contributed by atoms with Crippen LogP contribution in [0.3, 0.4) is 0 Å². The molecule has 1 atom stereocenters.